The van der Waals surface area contributed by atoms with Crippen LogP contribution in [0, 0.1) is 5.92 Å². The fourth-order valence-electron chi connectivity index (χ4n) is 4.19. The molecule has 1 saturated carbocycles. The Bertz CT molecular complexity index is 872. The van der Waals surface area contributed by atoms with Gasteiger partial charge in [0.15, 0.2) is 0 Å². The molecule has 1 fully saturated rings. The fraction of sp³-hybridized carbons (Fsp3) is 0.318. The quantitative estimate of drug-likeness (QED) is 0.831. The van der Waals surface area contributed by atoms with E-state index in [1.54, 1.807) is 24.3 Å². The van der Waals surface area contributed by atoms with Crippen LogP contribution in [0.2, 0.25) is 0 Å². The van der Waals surface area contributed by atoms with Gasteiger partial charge in [-0.2, -0.15) is 0 Å². The van der Waals surface area contributed by atoms with E-state index in [1.165, 1.54) is 4.90 Å². The number of hydrogen-bond donors (Lipinski definition) is 1. The predicted molar refractivity (Wildman–Crippen MR) is 102 cm³/mol. The van der Waals surface area contributed by atoms with E-state index in [-0.39, 0.29) is 11.8 Å². The zero-order valence-electron chi connectivity index (χ0n) is 15.1. The van der Waals surface area contributed by atoms with Crippen LogP contribution in [0.1, 0.15) is 41.6 Å². The molecule has 5 heteroatoms. The summed E-state index contributed by atoms with van der Waals surface area (Å²) in [5.74, 6) is -1.24. The zero-order valence-corrected chi connectivity index (χ0v) is 15.1. The van der Waals surface area contributed by atoms with E-state index in [1.807, 2.05) is 30.3 Å². The molecule has 0 saturated heterocycles. The summed E-state index contributed by atoms with van der Waals surface area (Å²) in [5.41, 5.74) is 1.95. The van der Waals surface area contributed by atoms with Gasteiger partial charge in [0.25, 0.3) is 11.7 Å². The van der Waals surface area contributed by atoms with Crippen LogP contribution in [0.15, 0.2) is 54.6 Å². The van der Waals surface area contributed by atoms with Crippen LogP contribution in [0.4, 0.5) is 5.69 Å². The summed E-state index contributed by atoms with van der Waals surface area (Å²) in [6.07, 6.45) is 3.88. The molecule has 2 aromatic carbocycles. The molecule has 2 amide bonds. The van der Waals surface area contributed by atoms with E-state index < -0.39 is 17.7 Å². The van der Waals surface area contributed by atoms with Gasteiger partial charge in [0, 0.05) is 6.54 Å². The van der Waals surface area contributed by atoms with Crippen molar-refractivity contribution in [2.24, 2.45) is 5.92 Å². The minimum Gasteiger partial charge on any atom is -0.350 e. The van der Waals surface area contributed by atoms with Crippen molar-refractivity contribution in [1.82, 2.24) is 5.32 Å². The van der Waals surface area contributed by atoms with Crippen LogP contribution < -0.4 is 10.2 Å². The second-order valence-corrected chi connectivity index (χ2v) is 7.21. The molecule has 1 atom stereocenters. The lowest BCUT2D eigenvalue weighted by Gasteiger charge is -2.31. The first-order valence-electron chi connectivity index (χ1n) is 9.45. The highest BCUT2D eigenvalue weighted by Crippen LogP contribution is 2.37. The summed E-state index contributed by atoms with van der Waals surface area (Å²) in [6, 6.07) is 16.0. The third-order valence-corrected chi connectivity index (χ3v) is 5.52. The first-order chi connectivity index (χ1) is 13.2. The second-order valence-electron chi connectivity index (χ2n) is 7.21. The largest absolute Gasteiger partial charge is 0.350 e. The van der Waals surface area contributed by atoms with E-state index in [4.69, 9.17) is 0 Å². The first-order valence-corrected chi connectivity index (χ1v) is 9.45. The number of Topliss-reactive ketones (excluding diaryl/α,β-unsaturated/α-hetero) is 1. The fourth-order valence-corrected chi connectivity index (χ4v) is 4.19. The maximum Gasteiger partial charge on any atom is 0.300 e. The average Bonchev–Trinajstić information content (AvgIpc) is 3.31. The van der Waals surface area contributed by atoms with Gasteiger partial charge in [0.05, 0.1) is 11.3 Å². The van der Waals surface area contributed by atoms with Gasteiger partial charge in [-0.3, -0.25) is 19.3 Å². The Morgan fingerprint density at radius 1 is 1.00 bits per heavy atom. The number of ketones is 1. The monoisotopic (exact) mass is 362 g/mol. The number of amides is 2. The van der Waals surface area contributed by atoms with Gasteiger partial charge < -0.3 is 5.32 Å². The molecule has 1 heterocycles. The molecule has 2 aliphatic rings. The van der Waals surface area contributed by atoms with Gasteiger partial charge in [0.2, 0.25) is 5.91 Å². The smallest absolute Gasteiger partial charge is 0.300 e. The Labute approximate surface area is 158 Å². The van der Waals surface area contributed by atoms with E-state index in [9.17, 15) is 14.4 Å². The molecule has 1 unspecified atom stereocenters. The SMILES string of the molecule is O=C1C(=O)N(C(C(=O)NCc2ccccc2)C2CCCC2)c2ccccc21. The Morgan fingerprint density at radius 3 is 2.41 bits per heavy atom. The molecule has 1 N–H and O–H groups in total. The molecular formula is C22H22N2O3. The summed E-state index contributed by atoms with van der Waals surface area (Å²) in [4.78, 5) is 39.7. The number of nitrogens with zero attached hydrogens (tertiary/aromatic N) is 1. The van der Waals surface area contributed by atoms with Crippen molar-refractivity contribution in [3.05, 3.63) is 65.7 Å². The number of rotatable bonds is 5. The van der Waals surface area contributed by atoms with Crippen molar-refractivity contribution >= 4 is 23.3 Å². The number of nitrogens with one attached hydrogen (secondary N) is 1. The number of anilines is 1. The third-order valence-electron chi connectivity index (χ3n) is 5.52. The lowest BCUT2D eigenvalue weighted by molar-refractivity contribution is -0.126. The molecule has 1 aliphatic carbocycles. The van der Waals surface area contributed by atoms with Crippen molar-refractivity contribution in [2.75, 3.05) is 4.90 Å². The Hall–Kier alpha value is -2.95. The van der Waals surface area contributed by atoms with E-state index >= 15 is 0 Å². The highest BCUT2D eigenvalue weighted by atomic mass is 16.2. The Morgan fingerprint density at radius 2 is 1.67 bits per heavy atom. The molecular weight excluding hydrogens is 340 g/mol. The van der Waals surface area contributed by atoms with E-state index in [0.29, 0.717) is 17.8 Å². The highest BCUT2D eigenvalue weighted by molar-refractivity contribution is 6.52. The molecule has 138 valence electrons. The highest BCUT2D eigenvalue weighted by Gasteiger charge is 2.45. The Balaban J connectivity index is 1.62. The molecule has 27 heavy (non-hydrogen) atoms. The molecule has 0 spiro atoms. The van der Waals surface area contributed by atoms with Gasteiger partial charge in [-0.1, -0.05) is 55.3 Å². The standard InChI is InChI=1S/C22H22N2O3/c25-20-17-12-6-7-13-18(17)24(22(20)27)19(16-10-4-5-11-16)21(26)23-14-15-8-2-1-3-9-15/h1-3,6-9,12-13,16,19H,4-5,10-11,14H2,(H,23,26). The summed E-state index contributed by atoms with van der Waals surface area (Å²) < 4.78 is 0. The molecule has 2 aromatic rings. The van der Waals surface area contributed by atoms with Crippen molar-refractivity contribution in [3.63, 3.8) is 0 Å². The molecule has 0 radical (unpaired) electrons. The minimum atomic E-state index is -0.642. The van der Waals surface area contributed by atoms with Gasteiger partial charge >= 0.3 is 0 Å². The van der Waals surface area contributed by atoms with Crippen LogP contribution in [0.3, 0.4) is 0 Å². The molecule has 0 aromatic heterocycles. The maximum absolute atomic E-state index is 13.1. The average molecular weight is 362 g/mol. The van der Waals surface area contributed by atoms with E-state index in [0.717, 1.165) is 31.2 Å². The lowest BCUT2D eigenvalue weighted by atomic mass is 9.95. The second kappa shape index (κ2) is 7.35. The van der Waals surface area contributed by atoms with Crippen molar-refractivity contribution in [3.8, 4) is 0 Å². The first kappa shape index (κ1) is 17.5. The summed E-state index contributed by atoms with van der Waals surface area (Å²) in [7, 11) is 0. The van der Waals surface area contributed by atoms with Gasteiger partial charge in [0.1, 0.15) is 6.04 Å². The molecule has 0 bridgehead atoms. The third kappa shape index (κ3) is 3.25. The normalized spacial score (nSPS) is 17.9. The topological polar surface area (TPSA) is 66.5 Å². The number of carbonyl (C=O) groups is 3. The van der Waals surface area contributed by atoms with Crippen molar-refractivity contribution < 1.29 is 14.4 Å². The van der Waals surface area contributed by atoms with Gasteiger partial charge in [-0.05, 0) is 36.5 Å². The minimum absolute atomic E-state index is 0.0729. The van der Waals surface area contributed by atoms with Crippen LogP contribution in [-0.2, 0) is 16.1 Å². The van der Waals surface area contributed by atoms with Crippen LogP contribution in [0.5, 0.6) is 0 Å². The number of benzene rings is 2. The summed E-state index contributed by atoms with van der Waals surface area (Å²) >= 11 is 0. The summed E-state index contributed by atoms with van der Waals surface area (Å²) in [6.45, 7) is 0.403. The predicted octanol–water partition coefficient (Wildman–Crippen LogP) is 3.09. The van der Waals surface area contributed by atoms with Crippen LogP contribution in [-0.4, -0.2) is 23.6 Å². The number of para-hydroxylation sites is 1. The van der Waals surface area contributed by atoms with Crippen molar-refractivity contribution in [1.29, 1.82) is 0 Å². The van der Waals surface area contributed by atoms with E-state index in [2.05, 4.69) is 5.32 Å². The van der Waals surface area contributed by atoms with Gasteiger partial charge in [-0.25, -0.2) is 0 Å². The molecule has 4 rings (SSSR count). The molecule has 5 nitrogen and oxygen atoms in total. The zero-order chi connectivity index (χ0) is 18.8. The lowest BCUT2D eigenvalue weighted by Crippen LogP contribution is -2.52. The van der Waals surface area contributed by atoms with Crippen molar-refractivity contribution in [2.45, 2.75) is 38.3 Å². The number of fused-ring (bicyclic) bond motifs is 1. The number of carbonyl (C=O) groups excluding carboxylic acids is 3. The van der Waals surface area contributed by atoms with Crippen LogP contribution in [0.25, 0.3) is 0 Å². The Kier molecular flexibility index (Phi) is 4.75. The van der Waals surface area contributed by atoms with Gasteiger partial charge in [-0.15, -0.1) is 0 Å². The number of hydrogen-bond acceptors (Lipinski definition) is 3. The van der Waals surface area contributed by atoms with Crippen LogP contribution >= 0.6 is 0 Å². The summed E-state index contributed by atoms with van der Waals surface area (Å²) in [5, 5.41) is 2.97. The molecule has 1 aliphatic heterocycles. The maximum atomic E-state index is 13.1.